The molecule has 2 rings (SSSR count). The van der Waals surface area contributed by atoms with E-state index in [2.05, 4.69) is 20.3 Å². The van der Waals surface area contributed by atoms with Crippen molar-refractivity contribution in [2.75, 3.05) is 13.2 Å². The van der Waals surface area contributed by atoms with Gasteiger partial charge in [0.15, 0.2) is 11.3 Å². The second-order valence-electron chi connectivity index (χ2n) is 5.66. The van der Waals surface area contributed by atoms with Crippen molar-refractivity contribution in [3.05, 3.63) is 23.7 Å². The average Bonchev–Trinajstić information content (AvgIpc) is 2.87. The number of hydrogen-bond acceptors (Lipinski definition) is 4. The van der Waals surface area contributed by atoms with Gasteiger partial charge in [0.2, 0.25) is 0 Å². The molecule has 22 heavy (non-hydrogen) atoms. The van der Waals surface area contributed by atoms with Crippen LogP contribution in [0.1, 0.15) is 29.9 Å². The highest BCUT2D eigenvalue weighted by Crippen LogP contribution is 2.28. The number of hydrogen-bond donors (Lipinski definition) is 3. The summed E-state index contributed by atoms with van der Waals surface area (Å²) in [5, 5.41) is 11.7. The van der Waals surface area contributed by atoms with Crippen LogP contribution in [0, 0.1) is 5.41 Å². The average molecular weight is 316 g/mol. The number of nitrogens with zero attached hydrogens (tertiary/aromatic N) is 2. The molecule has 0 radical (unpaired) electrons. The second kappa shape index (κ2) is 5.56. The van der Waals surface area contributed by atoms with Crippen LogP contribution in [0.25, 0.3) is 11.2 Å². The number of amides is 1. The highest BCUT2D eigenvalue weighted by Gasteiger charge is 2.34. The van der Waals surface area contributed by atoms with Gasteiger partial charge in [-0.05, 0) is 0 Å². The highest BCUT2D eigenvalue weighted by atomic mass is 19.4. The molecule has 2 aromatic heterocycles. The van der Waals surface area contributed by atoms with Crippen LogP contribution < -0.4 is 5.32 Å². The summed E-state index contributed by atoms with van der Waals surface area (Å²) in [4.78, 5) is 21.8. The summed E-state index contributed by atoms with van der Waals surface area (Å²) in [5.41, 5.74) is -1.77. The normalized spacial score (nSPS) is 12.6. The van der Waals surface area contributed by atoms with Crippen molar-refractivity contribution in [2.45, 2.75) is 20.0 Å². The number of halogens is 3. The first-order valence-electron chi connectivity index (χ1n) is 6.44. The molecule has 1 amide bonds. The van der Waals surface area contributed by atoms with E-state index < -0.39 is 23.2 Å². The van der Waals surface area contributed by atoms with Gasteiger partial charge in [0.25, 0.3) is 5.91 Å². The fraction of sp³-hybridized carbons (Fsp3) is 0.462. The monoisotopic (exact) mass is 316 g/mol. The van der Waals surface area contributed by atoms with Crippen LogP contribution in [-0.2, 0) is 6.18 Å². The lowest BCUT2D eigenvalue weighted by molar-refractivity contribution is -0.141. The zero-order valence-corrected chi connectivity index (χ0v) is 12.0. The van der Waals surface area contributed by atoms with Gasteiger partial charge in [0, 0.05) is 24.8 Å². The van der Waals surface area contributed by atoms with E-state index in [0.717, 1.165) is 0 Å². The lowest BCUT2D eigenvalue weighted by Gasteiger charge is -2.21. The number of rotatable bonds is 4. The predicted octanol–water partition coefficient (Wildman–Crippen LogP) is 1.72. The molecule has 0 aromatic carbocycles. The minimum absolute atomic E-state index is 0.0256. The molecule has 2 heterocycles. The number of nitrogens with one attached hydrogen (secondary N) is 2. The van der Waals surface area contributed by atoms with Crippen LogP contribution in [0.2, 0.25) is 0 Å². The number of H-pyrrole nitrogens is 1. The molecular weight excluding hydrogens is 301 g/mol. The van der Waals surface area contributed by atoms with Crippen molar-refractivity contribution in [3.63, 3.8) is 0 Å². The number of aliphatic hydroxyl groups excluding tert-OH is 1. The summed E-state index contributed by atoms with van der Waals surface area (Å²) >= 11 is 0. The Labute approximate surface area is 123 Å². The summed E-state index contributed by atoms with van der Waals surface area (Å²) in [5.74, 6) is -0.582. The summed E-state index contributed by atoms with van der Waals surface area (Å²) < 4.78 is 38.0. The van der Waals surface area contributed by atoms with Gasteiger partial charge in [-0.2, -0.15) is 13.2 Å². The van der Waals surface area contributed by atoms with Gasteiger partial charge >= 0.3 is 6.18 Å². The Hall–Kier alpha value is -2.16. The Kier molecular flexibility index (Phi) is 4.10. The van der Waals surface area contributed by atoms with Gasteiger partial charge in [0.1, 0.15) is 5.52 Å². The van der Waals surface area contributed by atoms with Crippen LogP contribution in [0.4, 0.5) is 13.2 Å². The van der Waals surface area contributed by atoms with Crippen molar-refractivity contribution in [3.8, 4) is 0 Å². The molecule has 0 saturated carbocycles. The van der Waals surface area contributed by atoms with Crippen molar-refractivity contribution < 1.29 is 23.1 Å². The molecule has 0 saturated heterocycles. The molecule has 0 bridgehead atoms. The second-order valence-corrected chi connectivity index (χ2v) is 5.66. The molecule has 0 aliphatic rings. The summed E-state index contributed by atoms with van der Waals surface area (Å²) in [7, 11) is 0. The van der Waals surface area contributed by atoms with E-state index in [1.54, 1.807) is 13.8 Å². The Bertz CT molecular complexity index is 694. The highest BCUT2D eigenvalue weighted by molar-refractivity contribution is 6.04. The standard InChI is InChI=1S/C13H15F3N4O2/c1-12(2,6-21)5-19-11(22)7-3-17-10-9(7)20-8(4-18-10)13(14,15)16/h3-4,21H,5-6H2,1-2H3,(H,17,18)(H,19,22). The van der Waals surface area contributed by atoms with E-state index >= 15 is 0 Å². The van der Waals surface area contributed by atoms with Crippen LogP contribution in [0.5, 0.6) is 0 Å². The van der Waals surface area contributed by atoms with Crippen LogP contribution in [0.15, 0.2) is 12.4 Å². The zero-order chi connectivity index (χ0) is 16.5. The maximum absolute atomic E-state index is 12.7. The number of carbonyl (C=O) groups excluding carboxylic acids is 1. The molecule has 2 aromatic rings. The minimum atomic E-state index is -4.63. The maximum Gasteiger partial charge on any atom is 0.434 e. The zero-order valence-electron chi connectivity index (χ0n) is 12.0. The molecule has 6 nitrogen and oxygen atoms in total. The maximum atomic E-state index is 12.7. The fourth-order valence-electron chi connectivity index (χ4n) is 1.67. The molecule has 9 heteroatoms. The lowest BCUT2D eigenvalue weighted by atomic mass is 9.95. The van der Waals surface area contributed by atoms with E-state index in [0.29, 0.717) is 6.20 Å². The topological polar surface area (TPSA) is 90.9 Å². The number of alkyl halides is 3. The van der Waals surface area contributed by atoms with Crippen molar-refractivity contribution in [2.24, 2.45) is 5.41 Å². The fourth-order valence-corrected chi connectivity index (χ4v) is 1.67. The van der Waals surface area contributed by atoms with Crippen molar-refractivity contribution in [1.82, 2.24) is 20.3 Å². The van der Waals surface area contributed by atoms with E-state index in [-0.39, 0.29) is 29.9 Å². The molecule has 0 aliphatic carbocycles. The van der Waals surface area contributed by atoms with Crippen LogP contribution in [0.3, 0.4) is 0 Å². The third kappa shape index (κ3) is 3.35. The number of carbonyl (C=O) groups is 1. The number of fused-ring (bicyclic) bond motifs is 1. The largest absolute Gasteiger partial charge is 0.434 e. The molecule has 0 spiro atoms. The first-order chi connectivity index (χ1) is 10.1. The van der Waals surface area contributed by atoms with Crippen LogP contribution in [-0.4, -0.2) is 39.1 Å². The summed E-state index contributed by atoms with van der Waals surface area (Å²) in [6.07, 6.45) is -2.77. The molecule has 120 valence electrons. The smallest absolute Gasteiger partial charge is 0.396 e. The first kappa shape index (κ1) is 16.2. The van der Waals surface area contributed by atoms with Gasteiger partial charge in [-0.1, -0.05) is 13.8 Å². The molecular formula is C13H15F3N4O2. The van der Waals surface area contributed by atoms with Gasteiger partial charge in [0.05, 0.1) is 11.8 Å². The third-order valence-corrected chi connectivity index (χ3v) is 3.07. The van der Waals surface area contributed by atoms with Gasteiger partial charge in [-0.25, -0.2) is 9.97 Å². The van der Waals surface area contributed by atoms with Crippen LogP contribution >= 0.6 is 0 Å². The van der Waals surface area contributed by atoms with E-state index in [1.807, 2.05) is 0 Å². The van der Waals surface area contributed by atoms with Gasteiger partial charge in [-0.3, -0.25) is 4.79 Å². The van der Waals surface area contributed by atoms with Crippen molar-refractivity contribution >= 4 is 17.1 Å². The minimum Gasteiger partial charge on any atom is -0.396 e. The van der Waals surface area contributed by atoms with E-state index in [9.17, 15) is 18.0 Å². The molecule has 3 N–H and O–H groups in total. The Balaban J connectivity index is 2.29. The molecule has 0 fully saturated rings. The SMILES string of the molecule is CC(C)(CO)CNC(=O)c1c[nH]c2ncc(C(F)(F)F)nc12. The Morgan fingerprint density at radius 1 is 1.41 bits per heavy atom. The molecule has 0 unspecified atom stereocenters. The van der Waals surface area contributed by atoms with Gasteiger partial charge < -0.3 is 15.4 Å². The van der Waals surface area contributed by atoms with Crippen molar-refractivity contribution in [1.29, 1.82) is 0 Å². The lowest BCUT2D eigenvalue weighted by Crippen LogP contribution is -2.36. The van der Waals surface area contributed by atoms with E-state index in [4.69, 9.17) is 5.11 Å². The molecule has 0 atom stereocenters. The third-order valence-electron chi connectivity index (χ3n) is 3.07. The quantitative estimate of drug-likeness (QED) is 0.801. The summed E-state index contributed by atoms with van der Waals surface area (Å²) in [6, 6.07) is 0. The number of aromatic amines is 1. The Morgan fingerprint density at radius 3 is 2.68 bits per heavy atom. The first-order valence-corrected chi connectivity index (χ1v) is 6.44. The summed E-state index contributed by atoms with van der Waals surface area (Å²) in [6.45, 7) is 3.51. The predicted molar refractivity (Wildman–Crippen MR) is 72.1 cm³/mol. The van der Waals surface area contributed by atoms with E-state index in [1.165, 1.54) is 6.20 Å². The van der Waals surface area contributed by atoms with Gasteiger partial charge in [-0.15, -0.1) is 0 Å². The number of aliphatic hydroxyl groups is 1. The number of aromatic nitrogens is 3. The molecule has 0 aliphatic heterocycles. The Morgan fingerprint density at radius 2 is 2.09 bits per heavy atom.